The largest absolute Gasteiger partial charge is 0.490 e. The molecule has 0 spiro atoms. The van der Waals surface area contributed by atoms with Crippen LogP contribution in [0, 0.1) is 5.92 Å². The molecule has 426 valence electrons. The van der Waals surface area contributed by atoms with Crippen molar-refractivity contribution in [3.05, 3.63) is 46.0 Å². The van der Waals surface area contributed by atoms with Crippen LogP contribution in [0.4, 0.5) is 17.7 Å². The molecule has 3 saturated heterocycles. The lowest BCUT2D eigenvalue weighted by molar-refractivity contribution is -0.745. The molecular formula is C34H47N16O24P4+. The van der Waals surface area contributed by atoms with Crippen LogP contribution in [-0.4, -0.2) is 177 Å². The molecule has 16 atom stereocenters. The number of rotatable bonds is 22. The summed E-state index contributed by atoms with van der Waals surface area (Å²) < 4.78 is 110. The molecule has 0 radical (unpaired) electrons. The minimum Gasteiger partial charge on any atom is -0.387 e. The fraction of sp³-hybridized carbons (Fsp3) is 0.529. The molecule has 6 aromatic rings. The van der Waals surface area contributed by atoms with Gasteiger partial charge in [-0.15, -0.1) is 0 Å². The Labute approximate surface area is 432 Å². The number of aromatic amines is 2. The number of imidazole rings is 3. The third-order valence-corrected chi connectivity index (χ3v) is 17.4. The number of methoxy groups -OCH3 is 1. The SMILES string of the molecule is CO[C@@H]1[C@H](OP(=O)(O)OC[C@H]2O[C@@H](n3cnc4c(=O)[nH]c(N)nc43)[C@H](O)[C@@H]2O)[C@@H](COP(=O)(O)OP(=O)(O)OP(=O)(O)OC[C@H]2O[C@H]([n+]3cn(C)c4c(=O)[nH]c(N)nc43)[C@H](O)[C@@H]2CNC=O)O[C@H]1n1cnc2c(N)ncnc21. The van der Waals surface area contributed by atoms with Crippen LogP contribution in [-0.2, 0) is 75.8 Å². The van der Waals surface area contributed by atoms with E-state index in [1.165, 1.54) is 27.1 Å². The summed E-state index contributed by atoms with van der Waals surface area (Å²) in [6.45, 7) is -3.63. The molecule has 3 fully saturated rings. The van der Waals surface area contributed by atoms with Crippen molar-refractivity contribution in [1.29, 1.82) is 0 Å². The number of hydrogen-bond acceptors (Lipinski definition) is 29. The highest BCUT2D eigenvalue weighted by Gasteiger charge is 2.54. The molecule has 40 nitrogen and oxygen atoms in total. The molecule has 3 aliphatic heterocycles. The van der Waals surface area contributed by atoms with Gasteiger partial charge in [-0.3, -0.25) is 56.1 Å². The van der Waals surface area contributed by atoms with Crippen molar-refractivity contribution in [2.75, 3.05) is 50.7 Å². The molecule has 0 bridgehead atoms. The van der Waals surface area contributed by atoms with Crippen LogP contribution in [0.15, 0.2) is 34.9 Å². The number of aryl methyl sites for hydroxylation is 1. The average Bonchev–Trinajstić information content (AvgIpc) is 4.28. The van der Waals surface area contributed by atoms with Crippen molar-refractivity contribution in [1.82, 2.24) is 58.9 Å². The van der Waals surface area contributed by atoms with Crippen LogP contribution < -0.4 is 38.2 Å². The van der Waals surface area contributed by atoms with Crippen molar-refractivity contribution in [2.24, 2.45) is 13.0 Å². The van der Waals surface area contributed by atoms with Crippen LogP contribution in [0.1, 0.15) is 18.7 Å². The first kappa shape index (κ1) is 57.1. The van der Waals surface area contributed by atoms with E-state index in [1.807, 2.05) is 0 Å². The van der Waals surface area contributed by atoms with Gasteiger partial charge in [0.2, 0.25) is 24.1 Å². The minimum atomic E-state index is -6.22. The molecule has 0 saturated carbocycles. The Bertz CT molecular complexity index is 3560. The minimum absolute atomic E-state index is 0.00277. The van der Waals surface area contributed by atoms with E-state index >= 15 is 0 Å². The Balaban J connectivity index is 0.872. The Morgan fingerprint density at radius 3 is 2.01 bits per heavy atom. The van der Waals surface area contributed by atoms with E-state index in [0.29, 0.717) is 0 Å². The van der Waals surface area contributed by atoms with Gasteiger partial charge in [0.1, 0.15) is 54.6 Å². The highest BCUT2D eigenvalue weighted by Crippen LogP contribution is 2.68. The predicted octanol–water partition coefficient (Wildman–Crippen LogP) is -4.71. The van der Waals surface area contributed by atoms with Gasteiger partial charge in [0, 0.05) is 19.6 Å². The van der Waals surface area contributed by atoms with E-state index < -0.39 is 136 Å². The van der Waals surface area contributed by atoms with Crippen LogP contribution in [0.2, 0.25) is 0 Å². The molecule has 9 rings (SSSR count). The van der Waals surface area contributed by atoms with Crippen LogP contribution in [0.25, 0.3) is 33.5 Å². The molecule has 4 unspecified atom stereocenters. The number of amides is 1. The summed E-state index contributed by atoms with van der Waals surface area (Å²) in [5, 5.41) is 35.4. The number of carbonyl (C=O) groups excluding carboxylic acids is 1. The number of aromatic nitrogens is 12. The second kappa shape index (κ2) is 21.8. The number of aliphatic hydroxyl groups excluding tert-OH is 3. The number of ether oxygens (including phenoxy) is 4. The van der Waals surface area contributed by atoms with Gasteiger partial charge >= 0.3 is 36.9 Å². The van der Waals surface area contributed by atoms with Crippen molar-refractivity contribution in [3.8, 4) is 0 Å². The highest BCUT2D eigenvalue weighted by molar-refractivity contribution is 7.66. The van der Waals surface area contributed by atoms with Gasteiger partial charge in [-0.1, -0.05) is 4.98 Å². The zero-order chi connectivity index (χ0) is 56.4. The molecular weight excluding hydrogens is 1140 g/mol. The average molecular weight is 1190 g/mol. The molecule has 9 heterocycles. The molecule has 6 aromatic heterocycles. The first-order valence-electron chi connectivity index (χ1n) is 22.2. The lowest BCUT2D eigenvalue weighted by Gasteiger charge is -2.26. The number of nitrogen functional groups attached to an aromatic ring is 3. The van der Waals surface area contributed by atoms with E-state index in [1.54, 1.807) is 0 Å². The number of phosphoric ester groups is 3. The van der Waals surface area contributed by atoms with Gasteiger partial charge in [-0.25, -0.2) is 42.8 Å². The van der Waals surface area contributed by atoms with E-state index in [0.717, 1.165) is 30.7 Å². The Hall–Kier alpha value is -5.64. The van der Waals surface area contributed by atoms with E-state index in [2.05, 4.69) is 53.8 Å². The number of carbonyl (C=O) groups is 1. The highest BCUT2D eigenvalue weighted by atomic mass is 31.3. The molecule has 0 aromatic carbocycles. The number of anilines is 3. The van der Waals surface area contributed by atoms with Gasteiger partial charge < -0.3 is 76.4 Å². The zero-order valence-corrected chi connectivity index (χ0v) is 43.3. The number of nitrogens with zero attached hydrogens (tertiary/aromatic N) is 10. The van der Waals surface area contributed by atoms with Gasteiger partial charge in [0.15, 0.2) is 41.4 Å². The fourth-order valence-electron chi connectivity index (χ4n) is 8.81. The summed E-state index contributed by atoms with van der Waals surface area (Å²) in [6, 6.07) is 0. The van der Waals surface area contributed by atoms with Gasteiger partial charge in [0.25, 0.3) is 17.1 Å². The summed E-state index contributed by atoms with van der Waals surface area (Å²) >= 11 is 0. The van der Waals surface area contributed by atoms with E-state index in [9.17, 15) is 67.5 Å². The summed E-state index contributed by atoms with van der Waals surface area (Å²) in [4.78, 5) is 108. The maximum absolute atomic E-state index is 13.7. The van der Waals surface area contributed by atoms with E-state index in [-0.39, 0.29) is 64.2 Å². The summed E-state index contributed by atoms with van der Waals surface area (Å²) in [6.07, 6.45) is -13.0. The summed E-state index contributed by atoms with van der Waals surface area (Å²) in [5.41, 5.74) is 15.6. The number of H-pyrrole nitrogens is 2. The number of nitrogens with two attached hydrogens (primary N) is 3. The number of nitrogens with one attached hydrogen (secondary N) is 3. The first-order valence-corrected chi connectivity index (χ1v) is 28.2. The molecule has 44 heteroatoms. The van der Waals surface area contributed by atoms with Gasteiger partial charge in [-0.05, 0) is 0 Å². The molecule has 0 aliphatic carbocycles. The zero-order valence-electron chi connectivity index (χ0n) is 39.7. The quantitative estimate of drug-likeness (QED) is 0.0173. The second-order valence-electron chi connectivity index (χ2n) is 17.2. The van der Waals surface area contributed by atoms with E-state index in [4.69, 9.17) is 54.2 Å². The van der Waals surface area contributed by atoms with Gasteiger partial charge in [-0.2, -0.15) is 13.6 Å². The third kappa shape index (κ3) is 11.5. The van der Waals surface area contributed by atoms with Crippen molar-refractivity contribution >= 4 is 88.9 Å². The lowest BCUT2D eigenvalue weighted by atomic mass is 9.98. The monoisotopic (exact) mass is 1190 g/mol. The molecule has 3 aliphatic rings. The van der Waals surface area contributed by atoms with Crippen molar-refractivity contribution in [3.63, 3.8) is 0 Å². The Morgan fingerprint density at radius 1 is 0.731 bits per heavy atom. The van der Waals surface area contributed by atoms with Crippen LogP contribution in [0.3, 0.4) is 0 Å². The number of phosphoric acid groups is 4. The molecule has 78 heavy (non-hydrogen) atoms. The standard InChI is InChI=1S/C34H46N16O24P4/c1-47-11-50(27-18(47)29(56)46-34(37)44-27)30-19(52)12(3-38-10-51)13(69-30)4-67-76(59,60)73-78(63,64)74-77(61,62)68-6-15-22(23(65-2)32(71-15)48-8-41-16-24(35)39-7-40-25(16)48)72-75(57,58)66-5-14-20(53)21(54)31(70-14)49-9-42-17-26(49)43-33(36)45-28(17)55/h7-15,19-23,30-32,52-54H,3-6H2,1-2H3,(H12-,35,36,37,38,39,40,43,44,45,46,51,55,56,57,58,59,60,61,62,63,64)/p+1/t12-,13-,14-,15-,19-,20-,21-,22-,23-,30+,31-,32-/m1/s1. The Morgan fingerprint density at radius 2 is 1.33 bits per heavy atom. The normalized spacial score (nSPS) is 29.7. The Kier molecular flexibility index (Phi) is 15.9. The first-order chi connectivity index (χ1) is 36.7. The summed E-state index contributed by atoms with van der Waals surface area (Å²) in [5.74, 6) is -1.86. The topological polar surface area (TPSA) is 571 Å². The summed E-state index contributed by atoms with van der Waals surface area (Å²) in [7, 11) is -20.9. The maximum atomic E-state index is 13.7. The van der Waals surface area contributed by atoms with Crippen molar-refractivity contribution in [2.45, 2.75) is 67.5 Å². The fourth-order valence-corrected chi connectivity index (χ4v) is 13.3. The smallest absolute Gasteiger partial charge is 0.387 e. The van der Waals surface area contributed by atoms with Gasteiger partial charge in [0.05, 0.1) is 45.6 Å². The number of hydrogen-bond donors (Lipinski definition) is 13. The van der Waals surface area contributed by atoms with Crippen LogP contribution in [0.5, 0.6) is 0 Å². The lowest BCUT2D eigenvalue weighted by Crippen LogP contribution is -2.46. The molecule has 1 amide bonds. The molecule has 16 N–H and O–H groups in total. The maximum Gasteiger partial charge on any atom is 0.490 e. The second-order valence-corrected chi connectivity index (χ2v) is 23.2. The number of aliphatic hydroxyl groups is 3. The van der Waals surface area contributed by atoms with Crippen molar-refractivity contribution < 1.29 is 108 Å². The number of fused-ring (bicyclic) bond motifs is 3. The van der Waals surface area contributed by atoms with Crippen LogP contribution >= 0.6 is 31.3 Å². The predicted molar refractivity (Wildman–Crippen MR) is 251 cm³/mol. The third-order valence-electron chi connectivity index (χ3n) is 12.2.